The van der Waals surface area contributed by atoms with Crippen LogP contribution in [-0.2, 0) is 14.1 Å². The zero-order valence-electron chi connectivity index (χ0n) is 8.27. The van der Waals surface area contributed by atoms with Crippen LogP contribution in [0.3, 0.4) is 0 Å². The van der Waals surface area contributed by atoms with Crippen LogP contribution in [0, 0.1) is 5.92 Å². The molecule has 0 aromatic carbocycles. The third-order valence-electron chi connectivity index (χ3n) is 1.50. The third-order valence-corrected chi connectivity index (χ3v) is 2.26. The maximum absolute atomic E-state index is 11.1. The summed E-state index contributed by atoms with van der Waals surface area (Å²) in [4.78, 5) is 20.1. The Balaban J connectivity index is 4.45. The summed E-state index contributed by atoms with van der Waals surface area (Å²) < 4.78 is 15.5. The Labute approximate surface area is 78.0 Å². The van der Waals surface area contributed by atoms with Gasteiger partial charge in [-0.25, -0.2) is 5.09 Å². The monoisotopic (exact) mass is 209 g/mol. The Hall–Kier alpha value is -0.380. The molecule has 78 valence electrons. The molecular formula is C7H16NO4P. The number of rotatable bonds is 4. The lowest BCUT2D eigenvalue weighted by molar-refractivity contribution is -0.143. The second-order valence-electron chi connectivity index (χ2n) is 3.25. The molecule has 0 saturated heterocycles. The Morgan fingerprint density at radius 3 is 2.23 bits per heavy atom. The SMILES string of the molecule is COC(=O)[C@@H](NP(C)(=O)O)C(C)C. The van der Waals surface area contributed by atoms with E-state index >= 15 is 0 Å². The highest BCUT2D eigenvalue weighted by atomic mass is 31.2. The van der Waals surface area contributed by atoms with Gasteiger partial charge in [0.1, 0.15) is 6.04 Å². The number of esters is 1. The van der Waals surface area contributed by atoms with Crippen LogP contribution in [0.2, 0.25) is 0 Å². The number of ether oxygens (including phenoxy) is 1. The average Bonchev–Trinajstić information content (AvgIpc) is 1.96. The van der Waals surface area contributed by atoms with Crippen LogP contribution in [0.5, 0.6) is 0 Å². The van der Waals surface area contributed by atoms with Crippen LogP contribution in [0.1, 0.15) is 13.8 Å². The van der Waals surface area contributed by atoms with Gasteiger partial charge in [-0.05, 0) is 5.92 Å². The molecule has 0 aliphatic carbocycles. The smallest absolute Gasteiger partial charge is 0.323 e. The van der Waals surface area contributed by atoms with Crippen LogP contribution in [0.4, 0.5) is 0 Å². The maximum Gasteiger partial charge on any atom is 0.323 e. The van der Waals surface area contributed by atoms with Gasteiger partial charge in [-0.3, -0.25) is 9.36 Å². The van der Waals surface area contributed by atoms with Crippen molar-refractivity contribution in [2.45, 2.75) is 19.9 Å². The lowest BCUT2D eigenvalue weighted by atomic mass is 10.1. The van der Waals surface area contributed by atoms with Gasteiger partial charge < -0.3 is 9.63 Å². The first-order chi connectivity index (χ1) is 5.78. The zero-order chi connectivity index (χ0) is 10.6. The highest BCUT2D eigenvalue weighted by molar-refractivity contribution is 7.55. The van der Waals surface area contributed by atoms with E-state index in [1.54, 1.807) is 13.8 Å². The zero-order valence-corrected chi connectivity index (χ0v) is 9.17. The van der Waals surface area contributed by atoms with Crippen molar-refractivity contribution in [3.05, 3.63) is 0 Å². The molecule has 13 heavy (non-hydrogen) atoms. The van der Waals surface area contributed by atoms with E-state index in [2.05, 4.69) is 9.82 Å². The van der Waals surface area contributed by atoms with Gasteiger partial charge in [-0.1, -0.05) is 13.8 Å². The van der Waals surface area contributed by atoms with E-state index < -0.39 is 19.5 Å². The summed E-state index contributed by atoms with van der Waals surface area (Å²) in [5, 5.41) is 2.34. The Bertz CT molecular complexity index is 223. The van der Waals surface area contributed by atoms with Gasteiger partial charge in [-0.15, -0.1) is 0 Å². The van der Waals surface area contributed by atoms with Crippen molar-refractivity contribution < 1.29 is 19.0 Å². The number of nitrogens with one attached hydrogen (secondary N) is 1. The second-order valence-corrected chi connectivity index (χ2v) is 5.27. The number of hydrogen-bond donors (Lipinski definition) is 2. The molecule has 0 bridgehead atoms. The van der Waals surface area contributed by atoms with Gasteiger partial charge in [0.2, 0.25) is 0 Å². The topological polar surface area (TPSA) is 75.6 Å². The largest absolute Gasteiger partial charge is 0.468 e. The summed E-state index contributed by atoms with van der Waals surface area (Å²) in [7, 11) is -2.15. The van der Waals surface area contributed by atoms with Gasteiger partial charge in [0.25, 0.3) is 7.52 Å². The van der Waals surface area contributed by atoms with Gasteiger partial charge in [0, 0.05) is 6.66 Å². The summed E-state index contributed by atoms with van der Waals surface area (Å²) in [6.07, 6.45) is 0. The molecule has 1 unspecified atom stereocenters. The molecular weight excluding hydrogens is 193 g/mol. The van der Waals surface area contributed by atoms with E-state index in [9.17, 15) is 9.36 Å². The van der Waals surface area contributed by atoms with E-state index in [4.69, 9.17) is 4.89 Å². The molecule has 0 heterocycles. The molecule has 0 radical (unpaired) electrons. The fraction of sp³-hybridized carbons (Fsp3) is 0.857. The molecule has 2 atom stereocenters. The molecule has 0 aliphatic heterocycles. The summed E-state index contributed by atoms with van der Waals surface area (Å²) >= 11 is 0. The molecule has 0 saturated carbocycles. The molecule has 0 rings (SSSR count). The summed E-state index contributed by atoms with van der Waals surface area (Å²) in [5.41, 5.74) is 0. The van der Waals surface area contributed by atoms with Gasteiger partial charge >= 0.3 is 5.97 Å². The predicted octanol–water partition coefficient (Wildman–Crippen LogP) is 0.589. The van der Waals surface area contributed by atoms with Crippen LogP contribution in [-0.4, -0.2) is 30.7 Å². The first-order valence-electron chi connectivity index (χ1n) is 3.94. The van der Waals surface area contributed by atoms with Crippen molar-refractivity contribution in [3.8, 4) is 0 Å². The third kappa shape index (κ3) is 5.03. The van der Waals surface area contributed by atoms with Crippen molar-refractivity contribution in [3.63, 3.8) is 0 Å². The fourth-order valence-corrected chi connectivity index (χ4v) is 1.78. The molecule has 6 heteroatoms. The Kier molecular flexibility index (Phi) is 4.61. The van der Waals surface area contributed by atoms with E-state index in [0.717, 1.165) is 6.66 Å². The summed E-state index contributed by atoms with van der Waals surface area (Å²) in [6.45, 7) is 4.68. The van der Waals surface area contributed by atoms with E-state index in [0.29, 0.717) is 0 Å². The molecule has 0 spiro atoms. The fourth-order valence-electron chi connectivity index (χ4n) is 0.859. The highest BCUT2D eigenvalue weighted by Crippen LogP contribution is 2.31. The standard InChI is InChI=1S/C7H16NO4P/c1-5(2)6(7(9)12-3)8-13(4,10)11/h5-6H,1-4H3,(H2,8,10,11)/t6-/m0/s1. The molecule has 0 aromatic rings. The van der Waals surface area contributed by atoms with Gasteiger partial charge in [0.15, 0.2) is 0 Å². The lowest BCUT2D eigenvalue weighted by Crippen LogP contribution is -2.39. The molecule has 0 aromatic heterocycles. The second kappa shape index (κ2) is 4.74. The molecule has 2 N–H and O–H groups in total. The normalized spacial score (nSPS) is 18.0. The number of methoxy groups -OCH3 is 1. The highest BCUT2D eigenvalue weighted by Gasteiger charge is 2.27. The molecule has 0 amide bonds. The predicted molar refractivity (Wildman–Crippen MR) is 49.5 cm³/mol. The van der Waals surface area contributed by atoms with E-state index in [-0.39, 0.29) is 5.92 Å². The average molecular weight is 209 g/mol. The first kappa shape index (κ1) is 12.6. The summed E-state index contributed by atoms with van der Waals surface area (Å²) in [5.74, 6) is -0.612. The Morgan fingerprint density at radius 2 is 2.00 bits per heavy atom. The van der Waals surface area contributed by atoms with Crippen molar-refractivity contribution in [1.82, 2.24) is 5.09 Å². The number of hydrogen-bond acceptors (Lipinski definition) is 3. The van der Waals surface area contributed by atoms with Crippen molar-refractivity contribution in [1.29, 1.82) is 0 Å². The minimum absolute atomic E-state index is 0.0899. The molecule has 0 aliphatic rings. The van der Waals surface area contributed by atoms with Gasteiger partial charge in [-0.2, -0.15) is 0 Å². The van der Waals surface area contributed by atoms with Crippen LogP contribution in [0.25, 0.3) is 0 Å². The van der Waals surface area contributed by atoms with Crippen molar-refractivity contribution in [2.24, 2.45) is 5.92 Å². The quantitative estimate of drug-likeness (QED) is 0.523. The van der Waals surface area contributed by atoms with Crippen LogP contribution < -0.4 is 5.09 Å². The number of carbonyl (C=O) groups excluding carboxylic acids is 1. The van der Waals surface area contributed by atoms with Crippen LogP contribution in [0.15, 0.2) is 0 Å². The molecule has 0 fully saturated rings. The first-order valence-corrected chi connectivity index (χ1v) is 6.04. The van der Waals surface area contributed by atoms with E-state index in [1.807, 2.05) is 0 Å². The minimum Gasteiger partial charge on any atom is -0.468 e. The number of carbonyl (C=O) groups is 1. The van der Waals surface area contributed by atoms with E-state index in [1.165, 1.54) is 7.11 Å². The summed E-state index contributed by atoms with van der Waals surface area (Å²) in [6, 6.07) is -0.731. The van der Waals surface area contributed by atoms with Crippen molar-refractivity contribution in [2.75, 3.05) is 13.8 Å². The van der Waals surface area contributed by atoms with Gasteiger partial charge in [0.05, 0.1) is 7.11 Å². The molecule has 5 nitrogen and oxygen atoms in total. The van der Waals surface area contributed by atoms with Crippen molar-refractivity contribution >= 4 is 13.5 Å². The lowest BCUT2D eigenvalue weighted by Gasteiger charge is -2.21. The minimum atomic E-state index is -3.39. The maximum atomic E-state index is 11.1. The Morgan fingerprint density at radius 1 is 1.54 bits per heavy atom. The van der Waals surface area contributed by atoms with Crippen LogP contribution >= 0.6 is 7.52 Å².